The van der Waals surface area contributed by atoms with Gasteiger partial charge in [0, 0.05) is 0 Å². The zero-order valence-corrected chi connectivity index (χ0v) is 10.9. The van der Waals surface area contributed by atoms with E-state index < -0.39 is 0 Å². The molecule has 1 aromatic carbocycles. The molecule has 1 N–H and O–H groups in total. The fraction of sp³-hybridized carbons (Fsp3) is 0.200. The van der Waals surface area contributed by atoms with E-state index in [1.165, 1.54) is 11.1 Å². The molecule has 0 atom stereocenters. The van der Waals surface area contributed by atoms with Crippen molar-refractivity contribution < 1.29 is 9.84 Å². The molecule has 2 rings (SSSR count). The third kappa shape index (κ3) is 3.72. The van der Waals surface area contributed by atoms with Crippen molar-refractivity contribution >= 4 is 11.3 Å². The van der Waals surface area contributed by atoms with Gasteiger partial charge < -0.3 is 9.84 Å². The monoisotopic (exact) mass is 260 g/mol. The summed E-state index contributed by atoms with van der Waals surface area (Å²) in [6, 6.07) is 10.2. The summed E-state index contributed by atoms with van der Waals surface area (Å²) >= 11 is 1.69. The molecule has 0 spiro atoms. The van der Waals surface area contributed by atoms with E-state index in [1.807, 2.05) is 18.2 Å². The first-order valence-electron chi connectivity index (χ1n) is 5.91. The summed E-state index contributed by atoms with van der Waals surface area (Å²) in [4.78, 5) is 0. The second-order valence-electron chi connectivity index (χ2n) is 3.83. The van der Waals surface area contributed by atoms with E-state index in [2.05, 4.69) is 29.0 Å². The summed E-state index contributed by atoms with van der Waals surface area (Å²) in [5.74, 6) is 0.885. The molecule has 3 heteroatoms. The Morgan fingerprint density at radius 1 is 1.17 bits per heavy atom. The van der Waals surface area contributed by atoms with E-state index >= 15 is 0 Å². The summed E-state index contributed by atoms with van der Waals surface area (Å²) in [5.41, 5.74) is 2.41. The van der Waals surface area contributed by atoms with E-state index in [9.17, 15) is 0 Å². The lowest BCUT2D eigenvalue weighted by molar-refractivity contribution is 0.322. The lowest BCUT2D eigenvalue weighted by Gasteiger charge is -2.06. The van der Waals surface area contributed by atoms with Gasteiger partial charge in [-0.2, -0.15) is 11.3 Å². The van der Waals surface area contributed by atoms with Gasteiger partial charge in [-0.15, -0.1) is 0 Å². The molecule has 0 bridgehead atoms. The number of hydrogen-bond donors (Lipinski definition) is 1. The second-order valence-corrected chi connectivity index (χ2v) is 4.61. The summed E-state index contributed by atoms with van der Waals surface area (Å²) in [5, 5.41) is 12.8. The number of aliphatic hydroxyl groups is 1. The lowest BCUT2D eigenvalue weighted by Crippen LogP contribution is -1.95. The number of aliphatic hydroxyl groups excluding tert-OH is 1. The fourth-order valence-electron chi connectivity index (χ4n) is 1.63. The van der Waals surface area contributed by atoms with Crippen LogP contribution in [0.1, 0.15) is 6.42 Å². The van der Waals surface area contributed by atoms with Gasteiger partial charge in [0.15, 0.2) is 0 Å². The Hall–Kier alpha value is -1.58. The molecule has 2 nitrogen and oxygen atoms in total. The highest BCUT2D eigenvalue weighted by molar-refractivity contribution is 7.08. The first-order valence-corrected chi connectivity index (χ1v) is 6.86. The molecule has 2 aromatic rings. The number of thiophene rings is 1. The van der Waals surface area contributed by atoms with E-state index in [0.717, 1.165) is 12.2 Å². The molecular weight excluding hydrogens is 244 g/mol. The molecule has 1 aromatic heterocycles. The van der Waals surface area contributed by atoms with Crippen LogP contribution in [0, 0.1) is 0 Å². The molecule has 94 valence electrons. The molecule has 18 heavy (non-hydrogen) atoms. The Labute approximate surface area is 111 Å². The standard InChI is InChI=1S/C15H16O2S/c16-8-2-1-3-9-17-15-6-4-5-13(11-15)14-7-10-18-12-14/h1-2,4-7,10-12,16H,3,8-9H2/b2-1+. The van der Waals surface area contributed by atoms with Gasteiger partial charge in [-0.05, 0) is 46.5 Å². The van der Waals surface area contributed by atoms with Crippen molar-refractivity contribution in [2.75, 3.05) is 13.2 Å². The van der Waals surface area contributed by atoms with Gasteiger partial charge in [0.05, 0.1) is 13.2 Å². The Kier molecular flexibility index (Phi) is 5.00. The molecular formula is C15H16O2S. The molecule has 0 saturated heterocycles. The normalized spacial score (nSPS) is 10.9. The fourth-order valence-corrected chi connectivity index (χ4v) is 2.30. The van der Waals surface area contributed by atoms with Crippen LogP contribution in [0.4, 0.5) is 0 Å². The predicted octanol–water partition coefficient (Wildman–Crippen LogP) is 3.73. The highest BCUT2D eigenvalue weighted by Crippen LogP contribution is 2.25. The average molecular weight is 260 g/mol. The van der Waals surface area contributed by atoms with E-state index in [-0.39, 0.29) is 6.61 Å². The van der Waals surface area contributed by atoms with Crippen molar-refractivity contribution in [3.8, 4) is 16.9 Å². The van der Waals surface area contributed by atoms with Gasteiger partial charge in [0.2, 0.25) is 0 Å². The molecule has 0 amide bonds. The van der Waals surface area contributed by atoms with Crippen LogP contribution < -0.4 is 4.74 Å². The Balaban J connectivity index is 1.94. The minimum atomic E-state index is 0.0909. The second kappa shape index (κ2) is 6.99. The van der Waals surface area contributed by atoms with Crippen molar-refractivity contribution in [1.29, 1.82) is 0 Å². The maximum Gasteiger partial charge on any atom is 0.119 e. The molecule has 0 aliphatic rings. The Morgan fingerprint density at radius 3 is 2.89 bits per heavy atom. The van der Waals surface area contributed by atoms with Gasteiger partial charge in [-0.25, -0.2) is 0 Å². The van der Waals surface area contributed by atoms with Crippen molar-refractivity contribution in [2.45, 2.75) is 6.42 Å². The molecule has 0 unspecified atom stereocenters. The van der Waals surface area contributed by atoms with Gasteiger partial charge in [-0.3, -0.25) is 0 Å². The van der Waals surface area contributed by atoms with Gasteiger partial charge >= 0.3 is 0 Å². The highest BCUT2D eigenvalue weighted by atomic mass is 32.1. The molecule has 0 fully saturated rings. The quantitative estimate of drug-likeness (QED) is 0.633. The SMILES string of the molecule is OC/C=C/CCOc1cccc(-c2ccsc2)c1. The van der Waals surface area contributed by atoms with Crippen molar-refractivity contribution in [2.24, 2.45) is 0 Å². The zero-order chi connectivity index (χ0) is 12.6. The number of hydrogen-bond acceptors (Lipinski definition) is 3. The van der Waals surface area contributed by atoms with Crippen LogP contribution >= 0.6 is 11.3 Å². The third-order valence-electron chi connectivity index (χ3n) is 2.51. The minimum absolute atomic E-state index is 0.0909. The summed E-state index contributed by atoms with van der Waals surface area (Å²) in [7, 11) is 0. The number of rotatable bonds is 6. The van der Waals surface area contributed by atoms with E-state index in [1.54, 1.807) is 17.4 Å². The van der Waals surface area contributed by atoms with Crippen LogP contribution in [0.5, 0.6) is 5.75 Å². The number of ether oxygens (including phenoxy) is 1. The van der Waals surface area contributed by atoms with Crippen molar-refractivity contribution in [1.82, 2.24) is 0 Å². The van der Waals surface area contributed by atoms with E-state index in [4.69, 9.17) is 9.84 Å². The van der Waals surface area contributed by atoms with Crippen LogP contribution in [-0.4, -0.2) is 18.3 Å². The van der Waals surface area contributed by atoms with Crippen molar-refractivity contribution in [3.63, 3.8) is 0 Å². The smallest absolute Gasteiger partial charge is 0.119 e. The average Bonchev–Trinajstić information content (AvgIpc) is 2.93. The van der Waals surface area contributed by atoms with Crippen LogP contribution in [-0.2, 0) is 0 Å². The summed E-state index contributed by atoms with van der Waals surface area (Å²) in [6.45, 7) is 0.719. The van der Waals surface area contributed by atoms with Crippen LogP contribution in [0.2, 0.25) is 0 Å². The summed E-state index contributed by atoms with van der Waals surface area (Å²) in [6.07, 6.45) is 4.46. The largest absolute Gasteiger partial charge is 0.493 e. The lowest BCUT2D eigenvalue weighted by atomic mass is 10.1. The molecule has 1 heterocycles. The van der Waals surface area contributed by atoms with Gasteiger partial charge in [0.1, 0.15) is 5.75 Å². The molecule has 0 saturated carbocycles. The Bertz CT molecular complexity index is 489. The van der Waals surface area contributed by atoms with Crippen molar-refractivity contribution in [3.05, 3.63) is 53.2 Å². The molecule has 0 aliphatic carbocycles. The topological polar surface area (TPSA) is 29.5 Å². The van der Waals surface area contributed by atoms with Crippen LogP contribution in [0.15, 0.2) is 53.2 Å². The van der Waals surface area contributed by atoms with E-state index in [0.29, 0.717) is 6.61 Å². The first-order chi connectivity index (χ1) is 8.90. The molecule has 0 radical (unpaired) electrons. The molecule has 0 aliphatic heterocycles. The summed E-state index contributed by atoms with van der Waals surface area (Å²) < 4.78 is 5.66. The van der Waals surface area contributed by atoms with Gasteiger partial charge in [-0.1, -0.05) is 24.3 Å². The van der Waals surface area contributed by atoms with Gasteiger partial charge in [0.25, 0.3) is 0 Å². The minimum Gasteiger partial charge on any atom is -0.493 e. The maximum atomic E-state index is 8.60. The predicted molar refractivity (Wildman–Crippen MR) is 76.1 cm³/mol. The van der Waals surface area contributed by atoms with Crippen LogP contribution in [0.25, 0.3) is 11.1 Å². The maximum absolute atomic E-state index is 8.60. The highest BCUT2D eigenvalue weighted by Gasteiger charge is 1.99. The third-order valence-corrected chi connectivity index (χ3v) is 3.20. The van der Waals surface area contributed by atoms with Crippen LogP contribution in [0.3, 0.4) is 0 Å². The first kappa shape index (κ1) is 12.9. The zero-order valence-electron chi connectivity index (χ0n) is 10.1. The Morgan fingerprint density at radius 2 is 2.11 bits per heavy atom. The number of benzene rings is 1.